The Bertz CT molecular complexity index is 740. The van der Waals surface area contributed by atoms with Crippen LogP contribution in [0.15, 0.2) is 60.4 Å². The molecule has 0 spiro atoms. The molecule has 0 bridgehead atoms. The second-order valence-corrected chi connectivity index (χ2v) is 6.12. The molecule has 0 saturated carbocycles. The highest BCUT2D eigenvalue weighted by Crippen LogP contribution is 2.22. The minimum atomic E-state index is 0.185. The Morgan fingerprint density at radius 2 is 2.00 bits per heavy atom. The van der Waals surface area contributed by atoms with Crippen molar-refractivity contribution in [2.75, 3.05) is 37.4 Å². The average molecular weight is 322 g/mol. The molecule has 1 fully saturated rings. The number of carbonyl (C=O) groups excluding carboxylic acids is 1. The van der Waals surface area contributed by atoms with Gasteiger partial charge in [-0.15, -0.1) is 0 Å². The number of hydrogen-bond acceptors (Lipinski definition) is 5. The minimum absolute atomic E-state index is 0.185. The lowest BCUT2D eigenvalue weighted by Crippen LogP contribution is -2.20. The standard InChI is InChI=1S/C19H22N4O/c1-22(2)12-15-13-23(14-19(15)24)18-8-9-20-17(10-18)11-21-16-6-4-3-5-7-16/h3-10,12,21H,11,13-14H2,1-2H3. The Morgan fingerprint density at radius 1 is 1.21 bits per heavy atom. The number of aromatic nitrogens is 1. The van der Waals surface area contributed by atoms with Gasteiger partial charge in [-0.25, -0.2) is 0 Å². The summed E-state index contributed by atoms with van der Waals surface area (Å²) in [6.45, 7) is 1.72. The molecule has 5 heteroatoms. The number of nitrogens with zero attached hydrogens (tertiary/aromatic N) is 3. The Labute approximate surface area is 142 Å². The number of carbonyl (C=O) groups is 1. The molecule has 2 aromatic rings. The Kier molecular flexibility index (Phi) is 4.79. The topological polar surface area (TPSA) is 48.5 Å². The lowest BCUT2D eigenvalue weighted by atomic mass is 10.2. The van der Waals surface area contributed by atoms with Gasteiger partial charge in [-0.1, -0.05) is 18.2 Å². The summed E-state index contributed by atoms with van der Waals surface area (Å²) in [5, 5.41) is 3.36. The fourth-order valence-electron chi connectivity index (χ4n) is 2.74. The number of pyridine rings is 1. The second kappa shape index (κ2) is 7.17. The quantitative estimate of drug-likeness (QED) is 0.857. The summed E-state index contributed by atoms with van der Waals surface area (Å²) in [5.74, 6) is 0.185. The molecule has 0 radical (unpaired) electrons. The van der Waals surface area contributed by atoms with Crippen molar-refractivity contribution >= 4 is 17.2 Å². The van der Waals surface area contributed by atoms with E-state index in [0.29, 0.717) is 19.6 Å². The number of rotatable bonds is 5. The van der Waals surface area contributed by atoms with E-state index in [1.807, 2.05) is 67.7 Å². The summed E-state index contributed by atoms with van der Waals surface area (Å²) in [5.41, 5.74) is 3.90. The molecule has 3 rings (SSSR count). The predicted molar refractivity (Wildman–Crippen MR) is 97.0 cm³/mol. The Balaban J connectivity index is 1.68. The van der Waals surface area contributed by atoms with Crippen molar-refractivity contribution in [1.29, 1.82) is 0 Å². The van der Waals surface area contributed by atoms with Gasteiger partial charge in [-0.2, -0.15) is 0 Å². The lowest BCUT2D eigenvalue weighted by molar-refractivity contribution is -0.113. The highest BCUT2D eigenvalue weighted by Gasteiger charge is 2.25. The lowest BCUT2D eigenvalue weighted by Gasteiger charge is -2.17. The number of para-hydroxylation sites is 1. The zero-order valence-corrected chi connectivity index (χ0v) is 14.1. The van der Waals surface area contributed by atoms with Gasteiger partial charge in [0.1, 0.15) is 0 Å². The van der Waals surface area contributed by atoms with Crippen LogP contribution >= 0.6 is 0 Å². The van der Waals surface area contributed by atoms with Gasteiger partial charge in [-0.05, 0) is 24.3 Å². The van der Waals surface area contributed by atoms with E-state index in [1.54, 1.807) is 6.20 Å². The maximum absolute atomic E-state index is 12.1. The first-order valence-electron chi connectivity index (χ1n) is 8.01. The Hall–Kier alpha value is -2.82. The molecule has 0 aliphatic carbocycles. The monoisotopic (exact) mass is 322 g/mol. The van der Waals surface area contributed by atoms with E-state index in [4.69, 9.17) is 0 Å². The van der Waals surface area contributed by atoms with Crippen molar-refractivity contribution in [3.63, 3.8) is 0 Å². The van der Waals surface area contributed by atoms with Crippen LogP contribution < -0.4 is 10.2 Å². The van der Waals surface area contributed by atoms with Crippen LogP contribution in [0.25, 0.3) is 0 Å². The van der Waals surface area contributed by atoms with Crippen molar-refractivity contribution in [3.8, 4) is 0 Å². The zero-order chi connectivity index (χ0) is 16.9. The van der Waals surface area contributed by atoms with E-state index >= 15 is 0 Å². The van der Waals surface area contributed by atoms with Crippen LogP contribution in [0.2, 0.25) is 0 Å². The maximum atomic E-state index is 12.1. The molecule has 24 heavy (non-hydrogen) atoms. The molecule has 1 saturated heterocycles. The van der Waals surface area contributed by atoms with Gasteiger partial charge < -0.3 is 15.1 Å². The molecule has 0 amide bonds. The Morgan fingerprint density at radius 3 is 2.75 bits per heavy atom. The smallest absolute Gasteiger partial charge is 0.181 e. The summed E-state index contributed by atoms with van der Waals surface area (Å²) >= 11 is 0. The van der Waals surface area contributed by atoms with Crippen LogP contribution in [0.4, 0.5) is 11.4 Å². The van der Waals surface area contributed by atoms with E-state index in [-0.39, 0.29) is 5.78 Å². The number of Topliss-reactive ketones (excluding diaryl/α,β-unsaturated/α-hetero) is 1. The molecule has 1 N–H and O–H groups in total. The minimum Gasteiger partial charge on any atom is -0.383 e. The van der Waals surface area contributed by atoms with E-state index in [2.05, 4.69) is 15.2 Å². The molecule has 1 aliphatic rings. The van der Waals surface area contributed by atoms with Crippen LogP contribution in [0, 0.1) is 0 Å². The first-order valence-corrected chi connectivity index (χ1v) is 8.01. The van der Waals surface area contributed by atoms with Crippen molar-refractivity contribution in [2.24, 2.45) is 0 Å². The van der Waals surface area contributed by atoms with Crippen molar-refractivity contribution in [2.45, 2.75) is 6.54 Å². The molecule has 0 unspecified atom stereocenters. The van der Waals surface area contributed by atoms with Gasteiger partial charge in [0, 0.05) is 50.0 Å². The van der Waals surface area contributed by atoms with Crippen LogP contribution in [0.5, 0.6) is 0 Å². The number of ketones is 1. The highest BCUT2D eigenvalue weighted by molar-refractivity contribution is 6.02. The third kappa shape index (κ3) is 3.93. The normalized spacial score (nSPS) is 15.8. The van der Waals surface area contributed by atoms with Gasteiger partial charge in [0.15, 0.2) is 5.78 Å². The zero-order valence-electron chi connectivity index (χ0n) is 14.1. The summed E-state index contributed by atoms with van der Waals surface area (Å²) in [6.07, 6.45) is 3.71. The molecule has 124 valence electrons. The van der Waals surface area contributed by atoms with Crippen LogP contribution in [-0.4, -0.2) is 42.9 Å². The highest BCUT2D eigenvalue weighted by atomic mass is 16.1. The van der Waals surface area contributed by atoms with Crippen molar-refractivity contribution in [1.82, 2.24) is 9.88 Å². The summed E-state index contributed by atoms with van der Waals surface area (Å²) < 4.78 is 0. The van der Waals surface area contributed by atoms with E-state index in [9.17, 15) is 4.79 Å². The molecule has 5 nitrogen and oxygen atoms in total. The van der Waals surface area contributed by atoms with E-state index < -0.39 is 0 Å². The van der Waals surface area contributed by atoms with Crippen LogP contribution in [-0.2, 0) is 11.3 Å². The van der Waals surface area contributed by atoms with Crippen LogP contribution in [0.3, 0.4) is 0 Å². The third-order valence-electron chi connectivity index (χ3n) is 3.88. The van der Waals surface area contributed by atoms with Gasteiger partial charge in [0.25, 0.3) is 0 Å². The fraction of sp³-hybridized carbons (Fsp3) is 0.263. The van der Waals surface area contributed by atoms with Gasteiger partial charge in [0.05, 0.1) is 18.8 Å². The summed E-state index contributed by atoms with van der Waals surface area (Å²) in [6, 6.07) is 14.1. The number of hydrogen-bond donors (Lipinski definition) is 1. The first-order chi connectivity index (χ1) is 11.6. The summed E-state index contributed by atoms with van der Waals surface area (Å²) in [4.78, 5) is 20.5. The largest absolute Gasteiger partial charge is 0.383 e. The molecule has 2 heterocycles. The molecule has 1 aliphatic heterocycles. The van der Waals surface area contributed by atoms with Crippen molar-refractivity contribution in [3.05, 3.63) is 66.1 Å². The van der Waals surface area contributed by atoms with Gasteiger partial charge in [0.2, 0.25) is 0 Å². The second-order valence-electron chi connectivity index (χ2n) is 6.12. The van der Waals surface area contributed by atoms with E-state index in [1.165, 1.54) is 0 Å². The predicted octanol–water partition coefficient (Wildman–Crippen LogP) is 2.53. The van der Waals surface area contributed by atoms with E-state index in [0.717, 1.165) is 22.6 Å². The maximum Gasteiger partial charge on any atom is 0.181 e. The summed E-state index contributed by atoms with van der Waals surface area (Å²) in [7, 11) is 3.87. The number of nitrogens with one attached hydrogen (secondary N) is 1. The number of anilines is 2. The van der Waals surface area contributed by atoms with Crippen molar-refractivity contribution < 1.29 is 4.79 Å². The van der Waals surface area contributed by atoms with Gasteiger partial charge in [-0.3, -0.25) is 9.78 Å². The van der Waals surface area contributed by atoms with Gasteiger partial charge >= 0.3 is 0 Å². The molecule has 0 atom stereocenters. The number of benzene rings is 1. The van der Waals surface area contributed by atoms with Crippen LogP contribution in [0.1, 0.15) is 5.69 Å². The fourth-order valence-corrected chi connectivity index (χ4v) is 2.74. The SMILES string of the molecule is CN(C)C=C1CN(c2ccnc(CNc3ccccc3)c2)CC1=O. The molecule has 1 aromatic carbocycles. The molecular weight excluding hydrogens is 300 g/mol. The average Bonchev–Trinajstić information content (AvgIpc) is 2.94. The molecule has 1 aromatic heterocycles. The first kappa shape index (κ1) is 16.1. The third-order valence-corrected chi connectivity index (χ3v) is 3.88. The molecular formula is C19H22N4O.